The smallest absolute Gasteiger partial charge is 0.159 e. The number of aliphatic hydroxyl groups is 1. The van der Waals surface area contributed by atoms with Gasteiger partial charge in [-0.15, -0.1) is 0 Å². The number of carbonyl (C=O) groups is 1. The Balaban J connectivity index is 2.11. The first-order valence-electron chi connectivity index (χ1n) is 6.94. The average Bonchev–Trinajstić information content (AvgIpc) is 2.46. The number of carbonyl (C=O) groups excluding carboxylic acids is 1. The third kappa shape index (κ3) is 3.78. The van der Waals surface area contributed by atoms with Gasteiger partial charge >= 0.3 is 0 Å². The number of ketones is 1. The van der Waals surface area contributed by atoms with Crippen molar-refractivity contribution < 1.29 is 9.90 Å². The molecule has 0 aliphatic heterocycles. The number of Topliss-reactive ketones (excluding diaryl/α,β-unsaturated/α-hetero) is 1. The highest BCUT2D eigenvalue weighted by Crippen LogP contribution is 2.21. The molecule has 0 bridgehead atoms. The Morgan fingerprint density at radius 1 is 1.00 bits per heavy atom. The SMILES string of the molecule is CC(=O)c1ccc(-c2ccc(CCC(C)O)cc2)cc1. The van der Waals surface area contributed by atoms with Crippen molar-refractivity contribution in [2.45, 2.75) is 32.8 Å². The maximum absolute atomic E-state index is 11.2. The molecule has 1 atom stereocenters. The predicted molar refractivity (Wildman–Crippen MR) is 81.9 cm³/mol. The average molecular weight is 268 g/mol. The molecule has 0 amide bonds. The first-order valence-corrected chi connectivity index (χ1v) is 6.94. The number of aryl methyl sites for hydroxylation is 1. The molecule has 0 radical (unpaired) electrons. The fraction of sp³-hybridized carbons (Fsp3) is 0.278. The molecule has 104 valence electrons. The van der Waals surface area contributed by atoms with Crippen molar-refractivity contribution in [2.75, 3.05) is 0 Å². The van der Waals surface area contributed by atoms with Crippen molar-refractivity contribution in [1.29, 1.82) is 0 Å². The molecule has 2 aromatic rings. The van der Waals surface area contributed by atoms with Crippen LogP contribution < -0.4 is 0 Å². The molecule has 2 nitrogen and oxygen atoms in total. The molecule has 0 saturated carbocycles. The fourth-order valence-corrected chi connectivity index (χ4v) is 2.14. The van der Waals surface area contributed by atoms with Gasteiger partial charge in [-0.1, -0.05) is 48.5 Å². The lowest BCUT2D eigenvalue weighted by atomic mass is 10.00. The molecule has 0 aromatic heterocycles. The van der Waals surface area contributed by atoms with Gasteiger partial charge in [0.1, 0.15) is 0 Å². The van der Waals surface area contributed by atoms with Crippen molar-refractivity contribution in [3.8, 4) is 11.1 Å². The molecule has 20 heavy (non-hydrogen) atoms. The van der Waals surface area contributed by atoms with Crippen LogP contribution >= 0.6 is 0 Å². The van der Waals surface area contributed by atoms with Crippen molar-refractivity contribution in [1.82, 2.24) is 0 Å². The molecule has 0 saturated heterocycles. The van der Waals surface area contributed by atoms with Crippen LogP contribution in [-0.4, -0.2) is 17.0 Å². The van der Waals surface area contributed by atoms with Crippen molar-refractivity contribution in [3.05, 3.63) is 59.7 Å². The molecule has 1 N–H and O–H groups in total. The van der Waals surface area contributed by atoms with Crippen LogP contribution in [0.3, 0.4) is 0 Å². The quantitative estimate of drug-likeness (QED) is 0.836. The van der Waals surface area contributed by atoms with Gasteiger partial charge in [0.15, 0.2) is 5.78 Å². The largest absolute Gasteiger partial charge is 0.393 e. The third-order valence-electron chi connectivity index (χ3n) is 3.43. The Labute approximate surface area is 120 Å². The van der Waals surface area contributed by atoms with Crippen LogP contribution in [0.2, 0.25) is 0 Å². The Bertz CT molecular complexity index is 565. The summed E-state index contributed by atoms with van der Waals surface area (Å²) in [7, 11) is 0. The van der Waals surface area contributed by atoms with E-state index in [0.29, 0.717) is 0 Å². The van der Waals surface area contributed by atoms with E-state index in [2.05, 4.69) is 24.3 Å². The van der Waals surface area contributed by atoms with E-state index >= 15 is 0 Å². The van der Waals surface area contributed by atoms with Gasteiger partial charge in [-0.3, -0.25) is 4.79 Å². The van der Waals surface area contributed by atoms with Crippen LogP contribution in [0.4, 0.5) is 0 Å². The normalized spacial score (nSPS) is 12.2. The maximum Gasteiger partial charge on any atom is 0.159 e. The molecule has 0 fully saturated rings. The fourth-order valence-electron chi connectivity index (χ4n) is 2.14. The number of aliphatic hydroxyl groups excluding tert-OH is 1. The second kappa shape index (κ2) is 6.49. The van der Waals surface area contributed by atoms with Gasteiger partial charge in [-0.25, -0.2) is 0 Å². The monoisotopic (exact) mass is 268 g/mol. The van der Waals surface area contributed by atoms with E-state index in [1.54, 1.807) is 6.92 Å². The Hall–Kier alpha value is -1.93. The topological polar surface area (TPSA) is 37.3 Å². The molecule has 0 aliphatic rings. The lowest BCUT2D eigenvalue weighted by Crippen LogP contribution is -2.01. The number of hydrogen-bond donors (Lipinski definition) is 1. The summed E-state index contributed by atoms with van der Waals surface area (Å²) in [5.74, 6) is 0.0880. The summed E-state index contributed by atoms with van der Waals surface area (Å²) in [5.41, 5.74) is 4.22. The second-order valence-electron chi connectivity index (χ2n) is 5.22. The highest BCUT2D eigenvalue weighted by molar-refractivity contribution is 5.94. The predicted octanol–water partition coefficient (Wildman–Crippen LogP) is 3.87. The van der Waals surface area contributed by atoms with Gasteiger partial charge in [0.25, 0.3) is 0 Å². The van der Waals surface area contributed by atoms with E-state index in [4.69, 9.17) is 0 Å². The molecule has 2 aromatic carbocycles. The van der Waals surface area contributed by atoms with Crippen molar-refractivity contribution >= 4 is 5.78 Å². The van der Waals surface area contributed by atoms with Crippen LogP contribution in [-0.2, 0) is 6.42 Å². The summed E-state index contributed by atoms with van der Waals surface area (Å²) >= 11 is 0. The molecule has 0 spiro atoms. The third-order valence-corrected chi connectivity index (χ3v) is 3.43. The minimum Gasteiger partial charge on any atom is -0.393 e. The molecule has 2 heteroatoms. The highest BCUT2D eigenvalue weighted by atomic mass is 16.3. The molecule has 2 rings (SSSR count). The van der Waals surface area contributed by atoms with E-state index in [0.717, 1.165) is 29.5 Å². The van der Waals surface area contributed by atoms with Crippen LogP contribution in [0.15, 0.2) is 48.5 Å². The van der Waals surface area contributed by atoms with Gasteiger partial charge in [-0.2, -0.15) is 0 Å². The van der Waals surface area contributed by atoms with Crippen molar-refractivity contribution in [2.24, 2.45) is 0 Å². The van der Waals surface area contributed by atoms with E-state index < -0.39 is 0 Å². The van der Waals surface area contributed by atoms with Crippen LogP contribution in [0.5, 0.6) is 0 Å². The zero-order valence-electron chi connectivity index (χ0n) is 12.0. The van der Waals surface area contributed by atoms with Gasteiger partial charge in [0.05, 0.1) is 6.10 Å². The summed E-state index contributed by atoms with van der Waals surface area (Å²) in [5, 5.41) is 9.29. The Kier molecular flexibility index (Phi) is 4.70. The molecule has 0 aliphatic carbocycles. The summed E-state index contributed by atoms with van der Waals surface area (Å²) in [6, 6.07) is 16.0. The molecule has 0 heterocycles. The van der Waals surface area contributed by atoms with Gasteiger partial charge in [0, 0.05) is 5.56 Å². The zero-order chi connectivity index (χ0) is 14.5. The van der Waals surface area contributed by atoms with Gasteiger partial charge in [-0.05, 0) is 43.4 Å². The maximum atomic E-state index is 11.2. The van der Waals surface area contributed by atoms with E-state index in [1.165, 1.54) is 5.56 Å². The number of benzene rings is 2. The van der Waals surface area contributed by atoms with E-state index in [-0.39, 0.29) is 11.9 Å². The second-order valence-corrected chi connectivity index (χ2v) is 5.22. The number of rotatable bonds is 5. The van der Waals surface area contributed by atoms with Gasteiger partial charge < -0.3 is 5.11 Å². The lowest BCUT2D eigenvalue weighted by Gasteiger charge is -2.06. The Morgan fingerprint density at radius 3 is 1.95 bits per heavy atom. The lowest BCUT2D eigenvalue weighted by molar-refractivity contribution is 0.101. The first kappa shape index (κ1) is 14.5. The molecule has 1 unspecified atom stereocenters. The molecular formula is C18H20O2. The zero-order valence-corrected chi connectivity index (χ0v) is 12.0. The van der Waals surface area contributed by atoms with E-state index in [1.807, 2.05) is 31.2 Å². The molecular weight excluding hydrogens is 248 g/mol. The highest BCUT2D eigenvalue weighted by Gasteiger charge is 2.02. The number of hydrogen-bond acceptors (Lipinski definition) is 2. The summed E-state index contributed by atoms with van der Waals surface area (Å²) in [4.78, 5) is 11.2. The Morgan fingerprint density at radius 2 is 1.50 bits per heavy atom. The summed E-state index contributed by atoms with van der Waals surface area (Å²) < 4.78 is 0. The summed E-state index contributed by atoms with van der Waals surface area (Å²) in [6.45, 7) is 3.39. The van der Waals surface area contributed by atoms with Crippen LogP contribution in [0.1, 0.15) is 36.2 Å². The minimum atomic E-state index is -0.256. The van der Waals surface area contributed by atoms with Gasteiger partial charge in [0.2, 0.25) is 0 Å². The summed E-state index contributed by atoms with van der Waals surface area (Å²) in [6.07, 6.45) is 1.42. The van der Waals surface area contributed by atoms with Crippen LogP contribution in [0.25, 0.3) is 11.1 Å². The van der Waals surface area contributed by atoms with Crippen molar-refractivity contribution in [3.63, 3.8) is 0 Å². The standard InChI is InChI=1S/C18H20O2/c1-13(19)3-4-15-5-7-17(8-6-15)18-11-9-16(10-12-18)14(2)20/h5-13,19H,3-4H2,1-2H3. The minimum absolute atomic E-state index is 0.0880. The first-order chi connectivity index (χ1) is 9.56. The van der Waals surface area contributed by atoms with E-state index in [9.17, 15) is 9.90 Å². The van der Waals surface area contributed by atoms with Crippen LogP contribution in [0, 0.1) is 0 Å².